The van der Waals surface area contributed by atoms with Crippen LogP contribution in [-0.4, -0.2) is 146 Å². The lowest BCUT2D eigenvalue weighted by Gasteiger charge is -2.36. The zero-order chi connectivity index (χ0) is 52.0. The van der Waals surface area contributed by atoms with Gasteiger partial charge >= 0.3 is 0 Å². The molecule has 0 unspecified atom stereocenters. The number of carbonyl (C=O) groups is 7. The molecule has 2 aliphatic heterocycles. The van der Waals surface area contributed by atoms with E-state index in [2.05, 4.69) is 54.7 Å². The number of nitrogens with zero attached hydrogens (tertiary/aromatic N) is 2. The summed E-state index contributed by atoms with van der Waals surface area (Å²) in [6.45, 7) is 16.5. The van der Waals surface area contributed by atoms with Crippen LogP contribution in [0.25, 0.3) is 0 Å². The summed E-state index contributed by atoms with van der Waals surface area (Å²) >= 11 is 0. The molecule has 0 spiro atoms. The Balaban J connectivity index is 1.26. The van der Waals surface area contributed by atoms with Gasteiger partial charge in [-0.3, -0.25) is 33.6 Å². The molecular formula is C54H78N10O7. The quantitative estimate of drug-likeness (QED) is 0.0730. The summed E-state index contributed by atoms with van der Waals surface area (Å²) in [6, 6.07) is 21.1. The van der Waals surface area contributed by atoms with Gasteiger partial charge in [-0.1, -0.05) is 102 Å². The Labute approximate surface area is 420 Å². The van der Waals surface area contributed by atoms with E-state index in [-0.39, 0.29) is 60.7 Å². The SMILES string of the molecule is CN[C@@H](C)C(=O)N[C@H](C(=O)N1C[C@@H](NC(=O)c2ccc(C(=O)N[C@H]3C[C@@H](C(=O)NCCc4ccccc4)N(C(=O)[C@@H](NC(=O)[C@H](C)NC)C(C)(C)C)C3)cc2)C[C@H]1CNCCc1ccccc1)C(C)(C)C. The van der Waals surface area contributed by atoms with Crippen molar-refractivity contribution in [1.29, 1.82) is 0 Å². The lowest BCUT2D eigenvalue weighted by molar-refractivity contribution is -0.144. The highest BCUT2D eigenvalue weighted by Gasteiger charge is 2.46. The minimum atomic E-state index is -0.959. The molecule has 5 rings (SSSR count). The standard InChI is InChI=1S/C54H78N10O7/c1-34(55-9)46(65)61-44(53(3,4)5)51(70)63-32-40(29-42(63)31-57-27-25-36-17-13-11-14-18-36)59-48(67)38-21-23-39(24-22-38)49(68)60-41-30-43(50(69)58-28-26-37-19-15-12-16-20-37)64(33-41)52(71)45(54(6,7)8)62-47(66)35(2)56-10/h11-24,34-35,40-45,55-57H,25-33H2,1-10H3,(H,58,69)(H,59,67)(H,60,68)(H,61,65)(H,62,66)/t34-,35-,40-,41-,42-,43-,44+,45+/m0/s1. The number of likely N-dealkylation sites (N-methyl/N-ethyl adjacent to an activating group) is 2. The lowest BCUT2D eigenvalue weighted by atomic mass is 9.85. The molecule has 0 radical (unpaired) electrons. The van der Waals surface area contributed by atoms with E-state index in [9.17, 15) is 33.6 Å². The molecule has 386 valence electrons. The largest absolute Gasteiger partial charge is 0.354 e. The number of hydrogen-bond acceptors (Lipinski definition) is 10. The third-order valence-corrected chi connectivity index (χ3v) is 13.5. The van der Waals surface area contributed by atoms with Crippen LogP contribution in [0.5, 0.6) is 0 Å². The molecule has 17 heteroatoms. The average Bonchev–Trinajstić information content (AvgIpc) is 3.96. The van der Waals surface area contributed by atoms with Crippen LogP contribution in [0.2, 0.25) is 0 Å². The number of benzene rings is 3. The van der Waals surface area contributed by atoms with E-state index in [1.165, 1.54) is 10.5 Å². The van der Waals surface area contributed by atoms with Crippen LogP contribution in [0.4, 0.5) is 0 Å². The Morgan fingerprint density at radius 1 is 0.577 bits per heavy atom. The monoisotopic (exact) mass is 979 g/mol. The lowest BCUT2D eigenvalue weighted by Crippen LogP contribution is -2.59. The summed E-state index contributed by atoms with van der Waals surface area (Å²) in [6.07, 6.45) is 2.03. The molecule has 2 fully saturated rings. The molecule has 0 aromatic heterocycles. The van der Waals surface area contributed by atoms with E-state index in [0.717, 1.165) is 12.0 Å². The molecule has 71 heavy (non-hydrogen) atoms. The summed E-state index contributed by atoms with van der Waals surface area (Å²) in [4.78, 5) is 99.7. The second-order valence-corrected chi connectivity index (χ2v) is 21.1. The predicted molar refractivity (Wildman–Crippen MR) is 275 cm³/mol. The fourth-order valence-corrected chi connectivity index (χ4v) is 8.89. The normalized spacial score (nSPS) is 19.7. The third kappa shape index (κ3) is 15.7. The highest BCUT2D eigenvalue weighted by molar-refractivity contribution is 5.99. The molecule has 8 N–H and O–H groups in total. The molecule has 3 aromatic carbocycles. The van der Waals surface area contributed by atoms with Crippen molar-refractivity contribution in [2.45, 2.75) is 129 Å². The van der Waals surface area contributed by atoms with Crippen molar-refractivity contribution < 1.29 is 33.6 Å². The van der Waals surface area contributed by atoms with Gasteiger partial charge in [0.05, 0.1) is 12.1 Å². The summed E-state index contributed by atoms with van der Waals surface area (Å²) in [5, 5.41) is 24.3. The van der Waals surface area contributed by atoms with Crippen molar-refractivity contribution in [1.82, 2.24) is 52.3 Å². The van der Waals surface area contributed by atoms with Crippen LogP contribution in [0.1, 0.15) is 100 Å². The average molecular weight is 979 g/mol. The van der Waals surface area contributed by atoms with Crippen LogP contribution in [0.3, 0.4) is 0 Å². The van der Waals surface area contributed by atoms with E-state index in [1.54, 1.807) is 57.1 Å². The topological polar surface area (TPSA) is 222 Å². The molecule has 17 nitrogen and oxygen atoms in total. The minimum Gasteiger partial charge on any atom is -0.354 e. The molecule has 8 atom stereocenters. The zero-order valence-corrected chi connectivity index (χ0v) is 43.3. The smallest absolute Gasteiger partial charge is 0.251 e. The molecule has 7 amide bonds. The molecule has 2 aliphatic rings. The van der Waals surface area contributed by atoms with E-state index in [4.69, 9.17) is 0 Å². The highest BCUT2D eigenvalue weighted by Crippen LogP contribution is 2.28. The maximum Gasteiger partial charge on any atom is 0.251 e. The number of carbonyl (C=O) groups excluding carboxylic acids is 7. The third-order valence-electron chi connectivity index (χ3n) is 13.5. The van der Waals surface area contributed by atoms with Gasteiger partial charge in [-0.05, 0) is 106 Å². The van der Waals surface area contributed by atoms with Crippen LogP contribution >= 0.6 is 0 Å². The Kier molecular flexibility index (Phi) is 19.9. The van der Waals surface area contributed by atoms with Gasteiger partial charge in [-0.2, -0.15) is 0 Å². The van der Waals surface area contributed by atoms with Crippen molar-refractivity contribution in [3.05, 3.63) is 107 Å². The second-order valence-electron chi connectivity index (χ2n) is 21.1. The second kappa shape index (κ2) is 25.3. The maximum atomic E-state index is 14.4. The van der Waals surface area contributed by atoms with Gasteiger partial charge in [0, 0.05) is 55.4 Å². The first kappa shape index (κ1) is 55.8. The first-order valence-corrected chi connectivity index (χ1v) is 25.0. The molecule has 3 aromatic rings. The van der Waals surface area contributed by atoms with Gasteiger partial charge in [-0.25, -0.2) is 0 Å². The van der Waals surface area contributed by atoms with E-state index in [0.29, 0.717) is 38.0 Å². The Hall–Kier alpha value is -6.17. The molecule has 2 heterocycles. The van der Waals surface area contributed by atoms with Gasteiger partial charge in [0.25, 0.3) is 11.8 Å². The summed E-state index contributed by atoms with van der Waals surface area (Å²) in [5.74, 6) is -2.46. The maximum absolute atomic E-state index is 14.4. The molecular weight excluding hydrogens is 901 g/mol. The first-order valence-electron chi connectivity index (χ1n) is 25.0. The molecule has 0 bridgehead atoms. The van der Waals surface area contributed by atoms with Crippen molar-refractivity contribution >= 4 is 41.4 Å². The number of nitrogens with one attached hydrogen (secondary N) is 8. The Morgan fingerprint density at radius 3 is 1.45 bits per heavy atom. The van der Waals surface area contributed by atoms with Gasteiger partial charge in [0.2, 0.25) is 29.5 Å². The molecule has 2 saturated heterocycles. The predicted octanol–water partition coefficient (Wildman–Crippen LogP) is 2.55. The zero-order valence-electron chi connectivity index (χ0n) is 43.3. The first-order chi connectivity index (χ1) is 33.6. The van der Waals surface area contributed by atoms with Crippen molar-refractivity contribution in [3.8, 4) is 0 Å². The fraction of sp³-hybridized carbons (Fsp3) is 0.537. The number of likely N-dealkylation sites (tertiary alicyclic amines) is 2. The summed E-state index contributed by atoms with van der Waals surface area (Å²) in [5.41, 5.74) is 1.52. The number of hydrogen-bond donors (Lipinski definition) is 8. The van der Waals surface area contributed by atoms with Crippen molar-refractivity contribution in [3.63, 3.8) is 0 Å². The minimum absolute atomic E-state index is 0.0360. The van der Waals surface area contributed by atoms with Gasteiger partial charge in [-0.15, -0.1) is 0 Å². The van der Waals surface area contributed by atoms with Crippen LogP contribution in [0, 0.1) is 10.8 Å². The van der Waals surface area contributed by atoms with E-state index in [1.807, 2.05) is 90.1 Å². The summed E-state index contributed by atoms with van der Waals surface area (Å²) in [7, 11) is 3.34. The highest BCUT2D eigenvalue weighted by atomic mass is 16.2. The van der Waals surface area contributed by atoms with Crippen molar-refractivity contribution in [2.24, 2.45) is 10.8 Å². The van der Waals surface area contributed by atoms with Crippen LogP contribution in [0.15, 0.2) is 84.9 Å². The number of rotatable bonds is 21. The number of amides is 7. The van der Waals surface area contributed by atoms with Gasteiger partial charge < -0.3 is 52.3 Å². The molecule has 0 saturated carbocycles. The van der Waals surface area contributed by atoms with Crippen LogP contribution in [-0.2, 0) is 36.8 Å². The van der Waals surface area contributed by atoms with Gasteiger partial charge in [0.1, 0.15) is 18.1 Å². The Morgan fingerprint density at radius 2 is 1.00 bits per heavy atom. The van der Waals surface area contributed by atoms with Crippen LogP contribution < -0.4 is 42.5 Å². The van der Waals surface area contributed by atoms with Crippen molar-refractivity contribution in [2.75, 3.05) is 46.8 Å². The fourth-order valence-electron chi connectivity index (χ4n) is 8.89. The van der Waals surface area contributed by atoms with E-state index < -0.39 is 64.9 Å². The summed E-state index contributed by atoms with van der Waals surface area (Å²) < 4.78 is 0. The van der Waals surface area contributed by atoms with Gasteiger partial charge in [0.15, 0.2) is 0 Å². The Bertz CT molecular complexity index is 2280. The van der Waals surface area contributed by atoms with E-state index >= 15 is 0 Å². The molecule has 0 aliphatic carbocycles.